The maximum Gasteiger partial charge on any atom is 0.324 e. The molecule has 0 fully saturated rings. The first-order valence-corrected chi connectivity index (χ1v) is 10.8. The van der Waals surface area contributed by atoms with Gasteiger partial charge < -0.3 is 5.32 Å². The molecule has 7 heteroatoms. The summed E-state index contributed by atoms with van der Waals surface area (Å²) in [5.74, 6) is 1.46. The lowest BCUT2D eigenvalue weighted by atomic mass is 10.0. The zero-order valence-electron chi connectivity index (χ0n) is 17.3. The van der Waals surface area contributed by atoms with E-state index in [1.807, 2.05) is 37.5 Å². The van der Waals surface area contributed by atoms with E-state index in [4.69, 9.17) is 4.98 Å². The van der Waals surface area contributed by atoms with E-state index >= 15 is 0 Å². The van der Waals surface area contributed by atoms with Gasteiger partial charge in [-0.05, 0) is 68.4 Å². The number of carbonyl (C=O) groups excluding carboxylic acids is 1. The molecule has 1 aromatic carbocycles. The Morgan fingerprint density at radius 3 is 2.59 bits per heavy atom. The number of aromatic nitrogens is 2. The molecule has 1 aliphatic rings. The molecule has 3 aromatic rings. The monoisotopic (exact) mass is 410 g/mol. The number of hydrogen-bond donors (Lipinski definition) is 2. The van der Waals surface area contributed by atoms with Gasteiger partial charge >= 0.3 is 6.03 Å². The van der Waals surface area contributed by atoms with Crippen LogP contribution in [-0.4, -0.2) is 15.6 Å². The standard InChI is InChI=1S/C22H26N4O2S/c1-12-5-6-17-24-20-18(21(27)26(17)8-7-12)15(4)19(29-20)25-22(28)23-16-10-13(2)9-14(3)11-16/h9-12H,5-8H2,1-4H3,(H2,23,25,28)/t12-/m0/s1. The number of aryl methyl sites for hydroxylation is 4. The summed E-state index contributed by atoms with van der Waals surface area (Å²) in [6.45, 7) is 8.80. The zero-order valence-corrected chi connectivity index (χ0v) is 18.1. The van der Waals surface area contributed by atoms with E-state index in [1.165, 1.54) is 11.3 Å². The van der Waals surface area contributed by atoms with Crippen molar-refractivity contribution in [1.82, 2.24) is 9.55 Å². The number of hydrogen-bond acceptors (Lipinski definition) is 4. The number of thiophene rings is 1. The summed E-state index contributed by atoms with van der Waals surface area (Å²) in [5.41, 5.74) is 3.72. The molecule has 0 bridgehead atoms. The fourth-order valence-electron chi connectivity index (χ4n) is 3.98. The van der Waals surface area contributed by atoms with Gasteiger partial charge in [0, 0.05) is 18.7 Å². The molecule has 0 spiro atoms. The van der Waals surface area contributed by atoms with Crippen LogP contribution in [0.5, 0.6) is 0 Å². The van der Waals surface area contributed by atoms with E-state index < -0.39 is 0 Å². The number of anilines is 2. The topological polar surface area (TPSA) is 76.0 Å². The van der Waals surface area contributed by atoms with Crippen molar-refractivity contribution in [2.45, 2.75) is 53.5 Å². The first-order chi connectivity index (χ1) is 13.8. The van der Waals surface area contributed by atoms with Crippen molar-refractivity contribution in [3.05, 3.63) is 51.1 Å². The lowest BCUT2D eigenvalue weighted by Crippen LogP contribution is -2.24. The van der Waals surface area contributed by atoms with Gasteiger partial charge in [0.2, 0.25) is 0 Å². The molecular formula is C22H26N4O2S. The predicted molar refractivity (Wildman–Crippen MR) is 119 cm³/mol. The minimum Gasteiger partial charge on any atom is -0.308 e. The molecule has 6 nitrogen and oxygen atoms in total. The summed E-state index contributed by atoms with van der Waals surface area (Å²) < 4.78 is 1.82. The van der Waals surface area contributed by atoms with Crippen LogP contribution in [-0.2, 0) is 13.0 Å². The lowest BCUT2D eigenvalue weighted by Gasteiger charge is -2.09. The van der Waals surface area contributed by atoms with Gasteiger partial charge in [-0.15, -0.1) is 0 Å². The van der Waals surface area contributed by atoms with Crippen LogP contribution in [0, 0.1) is 26.7 Å². The predicted octanol–water partition coefficient (Wildman–Crippen LogP) is 5.00. The Balaban J connectivity index is 1.63. The van der Waals surface area contributed by atoms with Crippen LogP contribution in [0.3, 0.4) is 0 Å². The average molecular weight is 411 g/mol. The number of carbonyl (C=O) groups is 1. The van der Waals surface area contributed by atoms with Gasteiger partial charge in [0.15, 0.2) is 0 Å². The van der Waals surface area contributed by atoms with Gasteiger partial charge in [-0.2, -0.15) is 0 Å². The fourth-order valence-corrected chi connectivity index (χ4v) is 5.07. The quantitative estimate of drug-likeness (QED) is 0.624. The molecule has 2 aromatic heterocycles. The number of rotatable bonds is 2. The molecule has 0 saturated heterocycles. The Hall–Kier alpha value is -2.67. The molecule has 29 heavy (non-hydrogen) atoms. The molecular weight excluding hydrogens is 384 g/mol. The Morgan fingerprint density at radius 2 is 1.86 bits per heavy atom. The van der Waals surface area contributed by atoms with E-state index in [-0.39, 0.29) is 11.6 Å². The van der Waals surface area contributed by atoms with Crippen molar-refractivity contribution in [1.29, 1.82) is 0 Å². The van der Waals surface area contributed by atoms with Crippen LogP contribution in [0.15, 0.2) is 23.0 Å². The minimum atomic E-state index is -0.319. The maximum atomic E-state index is 13.1. The fraction of sp³-hybridized carbons (Fsp3) is 0.409. The number of benzene rings is 1. The van der Waals surface area contributed by atoms with Gasteiger partial charge in [-0.3, -0.25) is 14.7 Å². The molecule has 4 rings (SSSR count). The third kappa shape index (κ3) is 3.92. The summed E-state index contributed by atoms with van der Waals surface area (Å²) >= 11 is 1.37. The SMILES string of the molecule is Cc1cc(C)cc(NC(=O)Nc2sc3nc4n(c(=O)c3c2C)CC[C@@H](C)CC4)c1. The molecule has 0 saturated carbocycles. The van der Waals surface area contributed by atoms with Crippen LogP contribution >= 0.6 is 11.3 Å². The van der Waals surface area contributed by atoms with Crippen molar-refractivity contribution in [3.63, 3.8) is 0 Å². The molecule has 1 aliphatic heterocycles. The first-order valence-electron chi connectivity index (χ1n) is 10.0. The molecule has 1 atom stereocenters. The number of nitrogens with one attached hydrogen (secondary N) is 2. The number of urea groups is 1. The lowest BCUT2D eigenvalue weighted by molar-refractivity contribution is 0.262. The largest absolute Gasteiger partial charge is 0.324 e. The van der Waals surface area contributed by atoms with Gasteiger partial charge in [0.25, 0.3) is 5.56 Å². The molecule has 0 aliphatic carbocycles. The number of fused-ring (bicyclic) bond motifs is 2. The van der Waals surface area contributed by atoms with Crippen LogP contribution in [0.25, 0.3) is 10.2 Å². The van der Waals surface area contributed by atoms with E-state index in [2.05, 4.69) is 23.6 Å². The highest BCUT2D eigenvalue weighted by Crippen LogP contribution is 2.33. The Morgan fingerprint density at radius 1 is 1.14 bits per heavy atom. The van der Waals surface area contributed by atoms with Gasteiger partial charge in [0.1, 0.15) is 15.7 Å². The van der Waals surface area contributed by atoms with Crippen molar-refractivity contribution in [3.8, 4) is 0 Å². The summed E-state index contributed by atoms with van der Waals surface area (Å²) in [5, 5.41) is 7.07. The summed E-state index contributed by atoms with van der Waals surface area (Å²) in [4.78, 5) is 31.1. The van der Waals surface area contributed by atoms with E-state index in [0.29, 0.717) is 27.7 Å². The van der Waals surface area contributed by atoms with Crippen LogP contribution < -0.4 is 16.2 Å². The molecule has 2 amide bonds. The second-order valence-corrected chi connectivity index (χ2v) is 9.11. The Labute approximate surface area is 174 Å². The van der Waals surface area contributed by atoms with Crippen LogP contribution in [0.2, 0.25) is 0 Å². The Kier molecular flexibility index (Phi) is 5.17. The normalized spacial score (nSPS) is 16.3. The van der Waals surface area contributed by atoms with E-state index in [1.54, 1.807) is 0 Å². The highest BCUT2D eigenvalue weighted by Gasteiger charge is 2.21. The second-order valence-electron chi connectivity index (χ2n) is 8.11. The number of nitrogens with zero attached hydrogens (tertiary/aromatic N) is 2. The van der Waals surface area contributed by atoms with Crippen molar-refractivity contribution in [2.24, 2.45) is 5.92 Å². The van der Waals surface area contributed by atoms with Gasteiger partial charge in [-0.25, -0.2) is 9.78 Å². The van der Waals surface area contributed by atoms with E-state index in [0.717, 1.165) is 47.5 Å². The van der Waals surface area contributed by atoms with Gasteiger partial charge in [0.05, 0.1) is 5.39 Å². The van der Waals surface area contributed by atoms with Crippen molar-refractivity contribution in [2.75, 3.05) is 10.6 Å². The summed E-state index contributed by atoms with van der Waals surface area (Å²) in [6.07, 6.45) is 2.86. The minimum absolute atomic E-state index is 0.00983. The third-order valence-electron chi connectivity index (χ3n) is 5.54. The molecule has 2 N–H and O–H groups in total. The molecule has 152 valence electrons. The molecule has 0 radical (unpaired) electrons. The first kappa shape index (κ1) is 19.6. The number of amides is 2. The molecule has 3 heterocycles. The summed E-state index contributed by atoms with van der Waals surface area (Å²) in [6, 6.07) is 5.59. The molecule has 0 unspecified atom stereocenters. The highest BCUT2D eigenvalue weighted by molar-refractivity contribution is 7.22. The Bertz CT molecular complexity index is 1140. The van der Waals surface area contributed by atoms with Crippen LogP contribution in [0.4, 0.5) is 15.5 Å². The maximum absolute atomic E-state index is 13.1. The van der Waals surface area contributed by atoms with Crippen molar-refractivity contribution < 1.29 is 4.79 Å². The third-order valence-corrected chi connectivity index (χ3v) is 6.64. The second kappa shape index (κ2) is 7.63. The average Bonchev–Trinajstić information content (AvgIpc) is 2.80. The van der Waals surface area contributed by atoms with E-state index in [9.17, 15) is 9.59 Å². The smallest absolute Gasteiger partial charge is 0.308 e. The van der Waals surface area contributed by atoms with Gasteiger partial charge in [-0.1, -0.05) is 24.3 Å². The van der Waals surface area contributed by atoms with Crippen LogP contribution in [0.1, 0.15) is 42.3 Å². The van der Waals surface area contributed by atoms with Crippen molar-refractivity contribution >= 4 is 38.3 Å². The zero-order chi connectivity index (χ0) is 20.7. The summed E-state index contributed by atoms with van der Waals surface area (Å²) in [7, 11) is 0. The highest BCUT2D eigenvalue weighted by atomic mass is 32.1.